The molecule has 1 unspecified atom stereocenters. The van der Waals surface area contributed by atoms with E-state index in [0.717, 1.165) is 13.0 Å². The van der Waals surface area contributed by atoms with Gasteiger partial charge in [0.1, 0.15) is 0 Å². The lowest BCUT2D eigenvalue weighted by Crippen LogP contribution is -2.51. The van der Waals surface area contributed by atoms with Crippen LogP contribution in [0.2, 0.25) is 0 Å². The van der Waals surface area contributed by atoms with Crippen molar-refractivity contribution >= 4 is 0 Å². The van der Waals surface area contributed by atoms with Gasteiger partial charge in [0.2, 0.25) is 0 Å². The second kappa shape index (κ2) is 7.22. The summed E-state index contributed by atoms with van der Waals surface area (Å²) in [6, 6.07) is 2.30. The van der Waals surface area contributed by atoms with Gasteiger partial charge in [-0.15, -0.1) is 13.2 Å². The monoisotopic (exact) mass is 207 g/mol. The molecule has 3 N–H and O–H groups in total. The fourth-order valence-electron chi connectivity index (χ4n) is 1.51. The van der Waals surface area contributed by atoms with E-state index in [2.05, 4.69) is 31.5 Å². The zero-order valence-electron chi connectivity index (χ0n) is 9.50. The Morgan fingerprint density at radius 1 is 1.47 bits per heavy atom. The predicted octanol–water partition coefficient (Wildman–Crippen LogP) is 1.93. The van der Waals surface area contributed by atoms with Gasteiger partial charge in [0.05, 0.1) is 17.6 Å². The van der Waals surface area contributed by atoms with Gasteiger partial charge < -0.3 is 11.1 Å². The Morgan fingerprint density at radius 2 is 2.00 bits per heavy atom. The third kappa shape index (κ3) is 3.86. The van der Waals surface area contributed by atoms with Crippen molar-refractivity contribution in [2.75, 3.05) is 6.54 Å². The smallest absolute Gasteiger partial charge is 0.0923 e. The summed E-state index contributed by atoms with van der Waals surface area (Å²) in [5.41, 5.74) is 5.38. The zero-order valence-corrected chi connectivity index (χ0v) is 9.50. The fraction of sp³-hybridized carbons (Fsp3) is 0.583. The van der Waals surface area contributed by atoms with Crippen LogP contribution in [0.1, 0.15) is 26.2 Å². The van der Waals surface area contributed by atoms with E-state index in [-0.39, 0.29) is 6.17 Å². The van der Waals surface area contributed by atoms with Gasteiger partial charge in [0.15, 0.2) is 0 Å². The first-order valence-corrected chi connectivity index (χ1v) is 5.29. The molecule has 0 saturated carbocycles. The van der Waals surface area contributed by atoms with Crippen molar-refractivity contribution in [3.05, 3.63) is 25.3 Å². The van der Waals surface area contributed by atoms with E-state index in [1.54, 1.807) is 12.2 Å². The van der Waals surface area contributed by atoms with Gasteiger partial charge in [-0.2, -0.15) is 5.26 Å². The standard InChI is InChI=1S/C12H21N3/c1-4-7-12(10-13,8-5-2)11(14)15-9-6-3/h4-5,11,15H,1-2,6-9,14H2,3H3. The Labute approximate surface area is 92.7 Å². The fourth-order valence-corrected chi connectivity index (χ4v) is 1.51. The first-order valence-electron chi connectivity index (χ1n) is 5.29. The first-order chi connectivity index (χ1) is 7.16. The van der Waals surface area contributed by atoms with Gasteiger partial charge >= 0.3 is 0 Å². The van der Waals surface area contributed by atoms with Crippen LogP contribution in [0, 0.1) is 16.7 Å². The van der Waals surface area contributed by atoms with Crippen LogP contribution in [-0.4, -0.2) is 12.7 Å². The maximum absolute atomic E-state index is 9.24. The minimum atomic E-state index is -0.612. The lowest BCUT2D eigenvalue weighted by atomic mass is 9.79. The molecule has 0 amide bonds. The molecule has 0 fully saturated rings. The summed E-state index contributed by atoms with van der Waals surface area (Å²) in [6.45, 7) is 10.2. The number of nitriles is 1. The molecule has 0 spiro atoms. The van der Waals surface area contributed by atoms with E-state index in [1.165, 1.54) is 0 Å². The summed E-state index contributed by atoms with van der Waals surface area (Å²) in [5.74, 6) is 0. The van der Waals surface area contributed by atoms with E-state index in [1.807, 2.05) is 0 Å². The van der Waals surface area contributed by atoms with Gasteiger partial charge in [-0.25, -0.2) is 0 Å². The maximum atomic E-state index is 9.24. The van der Waals surface area contributed by atoms with Crippen molar-refractivity contribution < 1.29 is 0 Å². The van der Waals surface area contributed by atoms with Crippen LogP contribution in [0.3, 0.4) is 0 Å². The van der Waals surface area contributed by atoms with Crippen molar-refractivity contribution in [1.82, 2.24) is 5.32 Å². The molecule has 0 aliphatic rings. The average Bonchev–Trinajstić information content (AvgIpc) is 2.25. The second-order valence-electron chi connectivity index (χ2n) is 3.69. The third-order valence-electron chi connectivity index (χ3n) is 2.45. The molecule has 1 atom stereocenters. The molecule has 0 aliphatic heterocycles. The Kier molecular flexibility index (Phi) is 6.68. The van der Waals surface area contributed by atoms with Gasteiger partial charge in [0.25, 0.3) is 0 Å². The molecule has 0 aromatic heterocycles. The summed E-state index contributed by atoms with van der Waals surface area (Å²) in [4.78, 5) is 0. The molecule has 0 aromatic rings. The molecule has 0 aliphatic carbocycles. The van der Waals surface area contributed by atoms with E-state index < -0.39 is 5.41 Å². The van der Waals surface area contributed by atoms with Crippen molar-refractivity contribution in [2.45, 2.75) is 32.4 Å². The molecule has 0 heterocycles. The van der Waals surface area contributed by atoms with Crippen LogP contribution >= 0.6 is 0 Å². The number of nitrogens with one attached hydrogen (secondary N) is 1. The summed E-state index contributed by atoms with van der Waals surface area (Å²) < 4.78 is 0. The van der Waals surface area contributed by atoms with E-state index in [9.17, 15) is 5.26 Å². The van der Waals surface area contributed by atoms with Gasteiger partial charge in [-0.1, -0.05) is 19.1 Å². The molecule has 0 bridgehead atoms. The largest absolute Gasteiger partial charge is 0.315 e. The first kappa shape index (κ1) is 13.9. The quantitative estimate of drug-likeness (QED) is 0.472. The Balaban J connectivity index is 4.64. The van der Waals surface area contributed by atoms with E-state index in [0.29, 0.717) is 12.8 Å². The summed E-state index contributed by atoms with van der Waals surface area (Å²) >= 11 is 0. The molecule has 0 rings (SSSR count). The number of hydrogen-bond acceptors (Lipinski definition) is 3. The maximum Gasteiger partial charge on any atom is 0.0923 e. The SMILES string of the molecule is C=CCC(C#N)(CC=C)C(N)NCCC. The lowest BCUT2D eigenvalue weighted by molar-refractivity contribution is 0.275. The second-order valence-corrected chi connectivity index (χ2v) is 3.69. The van der Waals surface area contributed by atoms with Crippen LogP contribution in [0.15, 0.2) is 25.3 Å². The molecular weight excluding hydrogens is 186 g/mol. The molecule has 0 radical (unpaired) electrons. The van der Waals surface area contributed by atoms with Crippen molar-refractivity contribution in [2.24, 2.45) is 11.1 Å². The van der Waals surface area contributed by atoms with Crippen LogP contribution in [0.4, 0.5) is 0 Å². The molecular formula is C12H21N3. The van der Waals surface area contributed by atoms with E-state index in [4.69, 9.17) is 5.73 Å². The van der Waals surface area contributed by atoms with Crippen molar-refractivity contribution in [3.8, 4) is 6.07 Å². The Morgan fingerprint density at radius 3 is 2.33 bits per heavy atom. The highest BCUT2D eigenvalue weighted by atomic mass is 15.0. The molecule has 0 aromatic carbocycles. The number of hydrogen-bond donors (Lipinski definition) is 2. The number of nitrogens with zero attached hydrogens (tertiary/aromatic N) is 1. The molecule has 84 valence electrons. The highest BCUT2D eigenvalue weighted by molar-refractivity contribution is 5.10. The highest BCUT2D eigenvalue weighted by Crippen LogP contribution is 2.28. The molecule has 3 nitrogen and oxygen atoms in total. The van der Waals surface area contributed by atoms with Crippen LogP contribution in [0.5, 0.6) is 0 Å². The summed E-state index contributed by atoms with van der Waals surface area (Å²) in [5, 5.41) is 12.4. The third-order valence-corrected chi connectivity index (χ3v) is 2.45. The van der Waals surface area contributed by atoms with Crippen molar-refractivity contribution in [3.63, 3.8) is 0 Å². The molecule has 0 saturated heterocycles. The van der Waals surface area contributed by atoms with Gasteiger partial charge in [-0.05, 0) is 25.8 Å². The lowest BCUT2D eigenvalue weighted by Gasteiger charge is -2.31. The minimum absolute atomic E-state index is 0.335. The Hall–Kier alpha value is -1.11. The summed E-state index contributed by atoms with van der Waals surface area (Å²) in [6.07, 6.45) is 5.29. The van der Waals surface area contributed by atoms with Crippen LogP contribution < -0.4 is 11.1 Å². The van der Waals surface area contributed by atoms with E-state index >= 15 is 0 Å². The Bertz CT molecular complexity index is 230. The number of nitrogens with two attached hydrogens (primary N) is 1. The zero-order chi connectivity index (χ0) is 11.7. The number of allylic oxidation sites excluding steroid dienone is 2. The van der Waals surface area contributed by atoms with Crippen LogP contribution in [0.25, 0.3) is 0 Å². The van der Waals surface area contributed by atoms with Crippen molar-refractivity contribution in [1.29, 1.82) is 5.26 Å². The van der Waals surface area contributed by atoms with Gasteiger partial charge in [-0.3, -0.25) is 0 Å². The number of rotatable bonds is 8. The van der Waals surface area contributed by atoms with Gasteiger partial charge in [0, 0.05) is 0 Å². The normalized spacial score (nSPS) is 12.9. The predicted molar refractivity (Wildman–Crippen MR) is 63.9 cm³/mol. The molecule has 3 heteroatoms. The topological polar surface area (TPSA) is 61.8 Å². The summed E-state index contributed by atoms with van der Waals surface area (Å²) in [7, 11) is 0. The highest BCUT2D eigenvalue weighted by Gasteiger charge is 2.34. The molecule has 15 heavy (non-hydrogen) atoms. The van der Waals surface area contributed by atoms with Crippen LogP contribution in [-0.2, 0) is 0 Å². The average molecular weight is 207 g/mol. The minimum Gasteiger partial charge on any atom is -0.315 e.